The SMILES string of the molecule is CCC[C@H](C)NC(=O)COC(=O)c1cc2ccccc2oc1=O. The van der Waals surface area contributed by atoms with Gasteiger partial charge in [0.15, 0.2) is 6.61 Å². The standard InChI is InChI=1S/C17H19NO5/c1-3-6-11(2)18-15(19)10-22-16(20)13-9-12-7-4-5-8-14(12)23-17(13)21/h4-5,7-9,11H,3,6,10H2,1-2H3,(H,18,19)/t11-/m0/s1. The van der Waals surface area contributed by atoms with Crippen LogP contribution in [0.2, 0.25) is 0 Å². The Kier molecular flexibility index (Phi) is 5.51. The summed E-state index contributed by atoms with van der Waals surface area (Å²) in [6, 6.07) is 8.26. The molecule has 1 atom stereocenters. The number of rotatable bonds is 6. The number of fused-ring (bicyclic) bond motifs is 1. The Labute approximate surface area is 133 Å². The molecular weight excluding hydrogens is 298 g/mol. The molecule has 0 aliphatic rings. The molecule has 1 aromatic heterocycles. The van der Waals surface area contributed by atoms with Gasteiger partial charge in [0.2, 0.25) is 0 Å². The Balaban J connectivity index is 2.02. The van der Waals surface area contributed by atoms with Gasteiger partial charge >= 0.3 is 11.6 Å². The summed E-state index contributed by atoms with van der Waals surface area (Å²) in [6.45, 7) is 3.46. The normalized spacial score (nSPS) is 11.9. The number of hydrogen-bond donors (Lipinski definition) is 1. The fraction of sp³-hybridized carbons (Fsp3) is 0.353. The van der Waals surface area contributed by atoms with Gasteiger partial charge in [-0.25, -0.2) is 9.59 Å². The number of amides is 1. The smallest absolute Gasteiger partial charge is 0.351 e. The molecule has 0 radical (unpaired) electrons. The number of esters is 1. The second-order valence-electron chi connectivity index (χ2n) is 5.32. The predicted molar refractivity (Wildman–Crippen MR) is 85.3 cm³/mol. The second-order valence-corrected chi connectivity index (χ2v) is 5.32. The van der Waals surface area contributed by atoms with Crippen LogP contribution >= 0.6 is 0 Å². The highest BCUT2D eigenvalue weighted by Gasteiger charge is 2.17. The van der Waals surface area contributed by atoms with Crippen molar-refractivity contribution < 1.29 is 18.7 Å². The monoisotopic (exact) mass is 317 g/mol. The first-order valence-corrected chi connectivity index (χ1v) is 7.50. The van der Waals surface area contributed by atoms with Gasteiger partial charge in [-0.15, -0.1) is 0 Å². The number of para-hydroxylation sites is 1. The maximum Gasteiger partial charge on any atom is 0.351 e. The highest BCUT2D eigenvalue weighted by Crippen LogP contribution is 2.13. The molecule has 23 heavy (non-hydrogen) atoms. The highest BCUT2D eigenvalue weighted by atomic mass is 16.5. The van der Waals surface area contributed by atoms with Gasteiger partial charge in [0.25, 0.3) is 5.91 Å². The molecule has 1 heterocycles. The zero-order chi connectivity index (χ0) is 16.8. The van der Waals surface area contributed by atoms with Crippen LogP contribution in [0.15, 0.2) is 39.5 Å². The third-order valence-corrected chi connectivity index (χ3v) is 3.32. The number of hydrogen-bond acceptors (Lipinski definition) is 5. The summed E-state index contributed by atoms with van der Waals surface area (Å²) in [6.07, 6.45) is 1.79. The van der Waals surface area contributed by atoms with Crippen molar-refractivity contribution >= 4 is 22.8 Å². The van der Waals surface area contributed by atoms with Crippen molar-refractivity contribution in [2.24, 2.45) is 0 Å². The summed E-state index contributed by atoms with van der Waals surface area (Å²) in [4.78, 5) is 35.4. The topological polar surface area (TPSA) is 85.6 Å². The first-order chi connectivity index (χ1) is 11.0. The van der Waals surface area contributed by atoms with E-state index < -0.39 is 24.1 Å². The van der Waals surface area contributed by atoms with Crippen molar-refractivity contribution in [1.29, 1.82) is 0 Å². The van der Waals surface area contributed by atoms with Crippen LogP contribution in [0.1, 0.15) is 37.0 Å². The van der Waals surface area contributed by atoms with E-state index in [1.807, 2.05) is 13.8 Å². The Morgan fingerprint density at radius 1 is 1.30 bits per heavy atom. The van der Waals surface area contributed by atoms with Gasteiger partial charge in [-0.3, -0.25) is 4.79 Å². The first kappa shape index (κ1) is 16.7. The Hall–Kier alpha value is -2.63. The van der Waals surface area contributed by atoms with Crippen molar-refractivity contribution in [1.82, 2.24) is 5.32 Å². The summed E-state index contributed by atoms with van der Waals surface area (Å²) >= 11 is 0. The largest absolute Gasteiger partial charge is 0.452 e. The van der Waals surface area contributed by atoms with Crippen molar-refractivity contribution in [3.05, 3.63) is 46.3 Å². The molecule has 0 aliphatic heterocycles. The summed E-state index contributed by atoms with van der Waals surface area (Å²) in [5.41, 5.74) is -0.619. The van der Waals surface area contributed by atoms with Crippen molar-refractivity contribution in [3.63, 3.8) is 0 Å². The summed E-state index contributed by atoms with van der Waals surface area (Å²) < 4.78 is 9.95. The van der Waals surface area contributed by atoms with Gasteiger partial charge in [-0.05, 0) is 25.5 Å². The van der Waals surface area contributed by atoms with E-state index in [0.717, 1.165) is 12.8 Å². The van der Waals surface area contributed by atoms with Crippen LogP contribution in [-0.4, -0.2) is 24.5 Å². The lowest BCUT2D eigenvalue weighted by Crippen LogP contribution is -2.36. The minimum atomic E-state index is -0.872. The molecule has 0 aliphatic carbocycles. The predicted octanol–water partition coefficient (Wildman–Crippen LogP) is 2.25. The van der Waals surface area contributed by atoms with E-state index in [2.05, 4.69) is 5.32 Å². The number of ether oxygens (including phenoxy) is 1. The minimum absolute atomic E-state index is 0.0111. The average Bonchev–Trinajstić information content (AvgIpc) is 2.52. The number of carbonyl (C=O) groups excluding carboxylic acids is 2. The van der Waals surface area contributed by atoms with Gasteiger partial charge in [0.05, 0.1) is 0 Å². The first-order valence-electron chi connectivity index (χ1n) is 7.50. The van der Waals surface area contributed by atoms with Gasteiger partial charge < -0.3 is 14.5 Å². The van der Waals surface area contributed by atoms with Gasteiger partial charge in [0.1, 0.15) is 11.1 Å². The van der Waals surface area contributed by atoms with Crippen molar-refractivity contribution in [2.45, 2.75) is 32.7 Å². The van der Waals surface area contributed by atoms with Gasteiger partial charge in [-0.1, -0.05) is 31.5 Å². The number of benzene rings is 1. The molecule has 0 fully saturated rings. The molecule has 1 amide bonds. The Morgan fingerprint density at radius 2 is 2.04 bits per heavy atom. The minimum Gasteiger partial charge on any atom is -0.452 e. The van der Waals surface area contributed by atoms with E-state index >= 15 is 0 Å². The molecule has 0 saturated heterocycles. The van der Waals surface area contributed by atoms with E-state index in [1.165, 1.54) is 6.07 Å². The molecule has 1 aromatic carbocycles. The van der Waals surface area contributed by atoms with E-state index in [-0.39, 0.29) is 11.6 Å². The third-order valence-electron chi connectivity index (χ3n) is 3.32. The summed E-state index contributed by atoms with van der Waals surface area (Å²) in [5.74, 6) is -1.27. The van der Waals surface area contributed by atoms with Crippen LogP contribution in [0.25, 0.3) is 11.0 Å². The maximum absolute atomic E-state index is 12.0. The summed E-state index contributed by atoms with van der Waals surface area (Å²) in [7, 11) is 0. The van der Waals surface area contributed by atoms with Crippen LogP contribution < -0.4 is 10.9 Å². The second kappa shape index (κ2) is 7.58. The molecule has 0 spiro atoms. The van der Waals surface area contributed by atoms with Crippen molar-refractivity contribution in [3.8, 4) is 0 Å². The molecular formula is C17H19NO5. The lowest BCUT2D eigenvalue weighted by Gasteiger charge is -2.12. The number of nitrogens with one attached hydrogen (secondary N) is 1. The molecule has 2 rings (SSSR count). The molecule has 0 saturated carbocycles. The molecule has 6 nitrogen and oxygen atoms in total. The molecule has 0 bridgehead atoms. The molecule has 1 N–H and O–H groups in total. The molecule has 0 unspecified atom stereocenters. The molecule has 2 aromatic rings. The molecule has 122 valence electrons. The van der Waals surface area contributed by atoms with Crippen LogP contribution in [0, 0.1) is 0 Å². The van der Waals surface area contributed by atoms with Crippen LogP contribution in [-0.2, 0) is 9.53 Å². The number of carbonyl (C=O) groups is 2. The van der Waals surface area contributed by atoms with Crippen LogP contribution in [0.4, 0.5) is 0 Å². The van der Waals surface area contributed by atoms with E-state index in [1.54, 1.807) is 24.3 Å². The van der Waals surface area contributed by atoms with E-state index in [9.17, 15) is 14.4 Å². The lowest BCUT2D eigenvalue weighted by atomic mass is 10.2. The van der Waals surface area contributed by atoms with Crippen LogP contribution in [0.3, 0.4) is 0 Å². The maximum atomic E-state index is 12.0. The van der Waals surface area contributed by atoms with E-state index in [0.29, 0.717) is 11.0 Å². The fourth-order valence-corrected chi connectivity index (χ4v) is 2.23. The zero-order valence-electron chi connectivity index (χ0n) is 13.1. The average molecular weight is 317 g/mol. The quantitative estimate of drug-likeness (QED) is 0.652. The highest BCUT2D eigenvalue weighted by molar-refractivity contribution is 5.94. The Bertz CT molecular complexity index is 765. The van der Waals surface area contributed by atoms with Crippen LogP contribution in [0.5, 0.6) is 0 Å². The van der Waals surface area contributed by atoms with E-state index in [4.69, 9.17) is 9.15 Å². The van der Waals surface area contributed by atoms with Gasteiger partial charge in [-0.2, -0.15) is 0 Å². The molecule has 6 heteroatoms. The van der Waals surface area contributed by atoms with Crippen molar-refractivity contribution in [2.75, 3.05) is 6.61 Å². The fourth-order valence-electron chi connectivity index (χ4n) is 2.23. The Morgan fingerprint density at radius 3 is 2.78 bits per heavy atom. The third kappa shape index (κ3) is 4.42. The summed E-state index contributed by atoms with van der Waals surface area (Å²) in [5, 5.41) is 3.33. The lowest BCUT2D eigenvalue weighted by molar-refractivity contribution is -0.124. The van der Waals surface area contributed by atoms with Gasteiger partial charge in [0, 0.05) is 11.4 Å². The zero-order valence-corrected chi connectivity index (χ0v) is 13.1.